The average Bonchev–Trinajstić information content (AvgIpc) is 2.94. The van der Waals surface area contributed by atoms with Crippen molar-refractivity contribution in [2.75, 3.05) is 53.2 Å². The number of ether oxygens (including phenoxy) is 3. The summed E-state index contributed by atoms with van der Waals surface area (Å²) >= 11 is 0. The van der Waals surface area contributed by atoms with E-state index in [2.05, 4.69) is 29.5 Å². The lowest BCUT2D eigenvalue weighted by molar-refractivity contribution is 0.0445. The number of rotatable bonds is 14. The van der Waals surface area contributed by atoms with Gasteiger partial charge in [0.2, 0.25) is 0 Å². The Hall–Kier alpha value is -1.02. The van der Waals surface area contributed by atoms with E-state index in [0.29, 0.717) is 38.9 Å². The van der Waals surface area contributed by atoms with E-state index in [1.807, 2.05) is 4.68 Å². The molecule has 0 spiro atoms. The van der Waals surface area contributed by atoms with Crippen LogP contribution in [0.25, 0.3) is 0 Å². The van der Waals surface area contributed by atoms with Gasteiger partial charge in [0.1, 0.15) is 0 Å². The van der Waals surface area contributed by atoms with Crippen LogP contribution in [0.5, 0.6) is 0 Å². The lowest BCUT2D eigenvalue weighted by atomic mass is 10.2. The standard InChI is InChI=1S/C15H30N4O3/c1-14(2)12-16-5-8-21-10-11-22-9-6-19-15(4-7-20-3)13-17-18-19/h13-14,16H,4-12H2,1-3H3. The molecule has 0 saturated carbocycles. The van der Waals surface area contributed by atoms with Crippen LogP contribution in [-0.2, 0) is 27.2 Å². The molecular weight excluding hydrogens is 284 g/mol. The molecule has 0 aliphatic carbocycles. The maximum absolute atomic E-state index is 5.55. The van der Waals surface area contributed by atoms with Gasteiger partial charge in [-0.1, -0.05) is 19.1 Å². The van der Waals surface area contributed by atoms with Gasteiger partial charge in [-0.3, -0.25) is 0 Å². The van der Waals surface area contributed by atoms with Crippen molar-refractivity contribution in [3.63, 3.8) is 0 Å². The Morgan fingerprint density at radius 1 is 1.14 bits per heavy atom. The Morgan fingerprint density at radius 2 is 1.91 bits per heavy atom. The van der Waals surface area contributed by atoms with Crippen LogP contribution in [0, 0.1) is 5.92 Å². The Labute approximate surface area is 133 Å². The Morgan fingerprint density at radius 3 is 2.64 bits per heavy atom. The molecular formula is C15H30N4O3. The summed E-state index contributed by atoms with van der Waals surface area (Å²) in [4.78, 5) is 0. The Balaban J connectivity index is 1.94. The summed E-state index contributed by atoms with van der Waals surface area (Å²) in [5, 5.41) is 11.3. The van der Waals surface area contributed by atoms with Gasteiger partial charge in [0.05, 0.1) is 51.5 Å². The van der Waals surface area contributed by atoms with E-state index in [0.717, 1.165) is 31.8 Å². The molecule has 0 aromatic carbocycles. The highest BCUT2D eigenvalue weighted by molar-refractivity contribution is 4.93. The highest BCUT2D eigenvalue weighted by Crippen LogP contribution is 1.98. The van der Waals surface area contributed by atoms with Crippen molar-refractivity contribution in [2.24, 2.45) is 5.92 Å². The van der Waals surface area contributed by atoms with E-state index in [1.165, 1.54) is 0 Å². The summed E-state index contributed by atoms with van der Waals surface area (Å²) in [5.41, 5.74) is 1.07. The second kappa shape index (κ2) is 12.5. The predicted molar refractivity (Wildman–Crippen MR) is 84.9 cm³/mol. The van der Waals surface area contributed by atoms with E-state index in [-0.39, 0.29) is 0 Å². The molecule has 0 fully saturated rings. The summed E-state index contributed by atoms with van der Waals surface area (Å²) < 4.78 is 18.0. The first-order valence-corrected chi connectivity index (χ1v) is 7.96. The first-order chi connectivity index (χ1) is 10.7. The SMILES string of the molecule is COCCc1cnnn1CCOCCOCCNCC(C)C. The normalized spacial score (nSPS) is 11.5. The minimum atomic E-state index is 0.603. The van der Waals surface area contributed by atoms with Crippen LogP contribution in [0.1, 0.15) is 19.5 Å². The summed E-state index contributed by atoms with van der Waals surface area (Å²) in [6.07, 6.45) is 2.59. The fourth-order valence-electron chi connectivity index (χ4n) is 1.88. The molecule has 7 heteroatoms. The number of hydrogen-bond donors (Lipinski definition) is 1. The highest BCUT2D eigenvalue weighted by Gasteiger charge is 2.03. The summed E-state index contributed by atoms with van der Waals surface area (Å²) in [6, 6.07) is 0. The summed E-state index contributed by atoms with van der Waals surface area (Å²) in [5.74, 6) is 0.675. The molecule has 0 bridgehead atoms. The molecule has 1 rings (SSSR count). The van der Waals surface area contributed by atoms with Crippen molar-refractivity contribution in [1.82, 2.24) is 20.3 Å². The third-order valence-corrected chi connectivity index (χ3v) is 3.06. The summed E-state index contributed by atoms with van der Waals surface area (Å²) in [7, 11) is 1.69. The zero-order chi connectivity index (χ0) is 16.0. The topological polar surface area (TPSA) is 70.4 Å². The predicted octanol–water partition coefficient (Wildman–Crippen LogP) is 0.746. The molecule has 22 heavy (non-hydrogen) atoms. The molecule has 7 nitrogen and oxygen atoms in total. The van der Waals surface area contributed by atoms with Crippen LogP contribution in [-0.4, -0.2) is 68.2 Å². The molecule has 1 heterocycles. The average molecular weight is 314 g/mol. The molecule has 128 valence electrons. The Bertz CT molecular complexity index is 371. The fourth-order valence-corrected chi connectivity index (χ4v) is 1.88. The minimum Gasteiger partial charge on any atom is -0.384 e. The lowest BCUT2D eigenvalue weighted by Gasteiger charge is -2.09. The zero-order valence-corrected chi connectivity index (χ0v) is 14.1. The number of nitrogens with one attached hydrogen (secondary N) is 1. The second-order valence-electron chi connectivity index (χ2n) is 5.51. The third kappa shape index (κ3) is 9.09. The molecule has 0 aliphatic rings. The zero-order valence-electron chi connectivity index (χ0n) is 14.1. The maximum atomic E-state index is 5.55. The smallest absolute Gasteiger partial charge is 0.0726 e. The van der Waals surface area contributed by atoms with Crippen LogP contribution < -0.4 is 5.32 Å². The van der Waals surface area contributed by atoms with Crippen LogP contribution >= 0.6 is 0 Å². The van der Waals surface area contributed by atoms with Gasteiger partial charge in [0.25, 0.3) is 0 Å². The van der Waals surface area contributed by atoms with Crippen LogP contribution in [0.15, 0.2) is 6.20 Å². The largest absolute Gasteiger partial charge is 0.384 e. The van der Waals surface area contributed by atoms with E-state index >= 15 is 0 Å². The van der Waals surface area contributed by atoms with Crippen molar-refractivity contribution in [3.8, 4) is 0 Å². The fraction of sp³-hybridized carbons (Fsp3) is 0.867. The van der Waals surface area contributed by atoms with Crippen molar-refractivity contribution < 1.29 is 14.2 Å². The number of hydrogen-bond acceptors (Lipinski definition) is 6. The van der Waals surface area contributed by atoms with Gasteiger partial charge in [0.15, 0.2) is 0 Å². The van der Waals surface area contributed by atoms with Crippen LogP contribution in [0.4, 0.5) is 0 Å². The molecule has 0 aliphatic heterocycles. The molecule has 0 radical (unpaired) electrons. The number of methoxy groups -OCH3 is 1. The van der Waals surface area contributed by atoms with E-state index in [4.69, 9.17) is 14.2 Å². The molecule has 1 aromatic rings. The van der Waals surface area contributed by atoms with Crippen LogP contribution in [0.3, 0.4) is 0 Å². The first-order valence-electron chi connectivity index (χ1n) is 7.96. The van der Waals surface area contributed by atoms with Crippen molar-refractivity contribution in [3.05, 3.63) is 11.9 Å². The van der Waals surface area contributed by atoms with E-state index in [1.54, 1.807) is 13.3 Å². The lowest BCUT2D eigenvalue weighted by Crippen LogP contribution is -2.24. The molecule has 0 saturated heterocycles. The van der Waals surface area contributed by atoms with Crippen molar-refractivity contribution >= 4 is 0 Å². The monoisotopic (exact) mass is 314 g/mol. The molecule has 1 N–H and O–H groups in total. The van der Waals surface area contributed by atoms with E-state index < -0.39 is 0 Å². The Kier molecular flexibility index (Phi) is 10.8. The first kappa shape index (κ1) is 19.0. The molecule has 1 aromatic heterocycles. The molecule has 0 atom stereocenters. The molecule has 0 amide bonds. The van der Waals surface area contributed by atoms with Gasteiger partial charge in [0, 0.05) is 20.1 Å². The van der Waals surface area contributed by atoms with Crippen LogP contribution in [0.2, 0.25) is 0 Å². The summed E-state index contributed by atoms with van der Waals surface area (Å²) in [6.45, 7) is 10.2. The third-order valence-electron chi connectivity index (χ3n) is 3.06. The van der Waals surface area contributed by atoms with Gasteiger partial charge in [-0.05, 0) is 12.5 Å². The van der Waals surface area contributed by atoms with Crippen molar-refractivity contribution in [1.29, 1.82) is 0 Å². The second-order valence-corrected chi connectivity index (χ2v) is 5.51. The van der Waals surface area contributed by atoms with Gasteiger partial charge >= 0.3 is 0 Å². The maximum Gasteiger partial charge on any atom is 0.0726 e. The van der Waals surface area contributed by atoms with E-state index in [9.17, 15) is 0 Å². The number of aromatic nitrogens is 3. The van der Waals surface area contributed by atoms with Gasteiger partial charge in [-0.25, -0.2) is 4.68 Å². The minimum absolute atomic E-state index is 0.603. The number of nitrogens with zero attached hydrogens (tertiary/aromatic N) is 3. The van der Waals surface area contributed by atoms with Gasteiger partial charge in [-0.15, -0.1) is 5.10 Å². The quantitative estimate of drug-likeness (QED) is 0.511. The highest BCUT2D eigenvalue weighted by atomic mass is 16.5. The van der Waals surface area contributed by atoms with Gasteiger partial charge < -0.3 is 19.5 Å². The molecule has 0 unspecified atom stereocenters. The van der Waals surface area contributed by atoms with Crippen molar-refractivity contribution in [2.45, 2.75) is 26.8 Å². The van der Waals surface area contributed by atoms with Gasteiger partial charge in [-0.2, -0.15) is 0 Å².